The molecule has 3 rings (SSSR count). The summed E-state index contributed by atoms with van der Waals surface area (Å²) in [6.07, 6.45) is 2.86. The second-order valence-corrected chi connectivity index (χ2v) is 5.56. The molecule has 0 radical (unpaired) electrons. The zero-order valence-electron chi connectivity index (χ0n) is 12.1. The number of esters is 1. The Kier molecular flexibility index (Phi) is 3.65. The third-order valence-corrected chi connectivity index (χ3v) is 4.07. The first kappa shape index (κ1) is 13.7. The standard InChI is InChI=1S/C18H19NO2/c1-12-11-14(9-10-16(12)19)18(20)21-17-8-4-6-13-5-2-3-7-15(13)17/h2-3,5,7,9-11,17H,4,6,8,19H2,1H3. The van der Waals surface area contributed by atoms with Gasteiger partial charge in [-0.15, -0.1) is 0 Å². The minimum absolute atomic E-state index is 0.139. The highest BCUT2D eigenvalue weighted by Crippen LogP contribution is 2.33. The molecule has 2 aromatic carbocycles. The lowest BCUT2D eigenvalue weighted by atomic mass is 9.89. The lowest BCUT2D eigenvalue weighted by Gasteiger charge is -2.25. The Labute approximate surface area is 124 Å². The number of fused-ring (bicyclic) bond motifs is 1. The molecule has 108 valence electrons. The summed E-state index contributed by atoms with van der Waals surface area (Å²) in [5.74, 6) is -0.278. The van der Waals surface area contributed by atoms with Gasteiger partial charge >= 0.3 is 5.97 Å². The molecule has 0 aromatic heterocycles. The largest absolute Gasteiger partial charge is 0.454 e. The van der Waals surface area contributed by atoms with E-state index in [2.05, 4.69) is 12.1 Å². The molecule has 0 bridgehead atoms. The van der Waals surface area contributed by atoms with E-state index in [0.29, 0.717) is 11.3 Å². The van der Waals surface area contributed by atoms with Crippen LogP contribution in [0.4, 0.5) is 5.69 Å². The van der Waals surface area contributed by atoms with Crippen molar-refractivity contribution in [1.82, 2.24) is 0 Å². The second-order valence-electron chi connectivity index (χ2n) is 5.56. The van der Waals surface area contributed by atoms with E-state index in [1.165, 1.54) is 5.56 Å². The molecule has 0 saturated heterocycles. The maximum absolute atomic E-state index is 12.3. The van der Waals surface area contributed by atoms with Crippen molar-refractivity contribution in [1.29, 1.82) is 0 Å². The molecule has 2 N–H and O–H groups in total. The lowest BCUT2D eigenvalue weighted by molar-refractivity contribution is 0.0256. The van der Waals surface area contributed by atoms with E-state index >= 15 is 0 Å². The summed E-state index contributed by atoms with van der Waals surface area (Å²) in [6.45, 7) is 1.89. The quantitative estimate of drug-likeness (QED) is 0.672. The van der Waals surface area contributed by atoms with E-state index in [9.17, 15) is 4.79 Å². The van der Waals surface area contributed by atoms with Gasteiger partial charge in [0.2, 0.25) is 0 Å². The topological polar surface area (TPSA) is 52.3 Å². The van der Waals surface area contributed by atoms with Crippen LogP contribution < -0.4 is 5.73 Å². The highest BCUT2D eigenvalue weighted by Gasteiger charge is 2.23. The predicted molar refractivity (Wildman–Crippen MR) is 83.1 cm³/mol. The number of ether oxygens (including phenoxy) is 1. The summed E-state index contributed by atoms with van der Waals surface area (Å²) >= 11 is 0. The van der Waals surface area contributed by atoms with Gasteiger partial charge in [0.25, 0.3) is 0 Å². The van der Waals surface area contributed by atoms with Gasteiger partial charge in [0.15, 0.2) is 0 Å². The monoisotopic (exact) mass is 281 g/mol. The van der Waals surface area contributed by atoms with Crippen LogP contribution in [0.3, 0.4) is 0 Å². The third kappa shape index (κ3) is 2.77. The SMILES string of the molecule is Cc1cc(C(=O)OC2CCCc3ccccc32)ccc1N. The first-order valence-electron chi connectivity index (χ1n) is 7.30. The molecule has 0 spiro atoms. The summed E-state index contributed by atoms with van der Waals surface area (Å²) in [5.41, 5.74) is 10.4. The number of benzene rings is 2. The summed E-state index contributed by atoms with van der Waals surface area (Å²) in [6, 6.07) is 13.5. The van der Waals surface area contributed by atoms with Crippen molar-refractivity contribution < 1.29 is 9.53 Å². The molecule has 1 aliphatic carbocycles. The van der Waals surface area contributed by atoms with E-state index in [4.69, 9.17) is 10.5 Å². The highest BCUT2D eigenvalue weighted by molar-refractivity contribution is 5.90. The van der Waals surface area contributed by atoms with Crippen LogP contribution in [0.25, 0.3) is 0 Å². The number of hydrogen-bond acceptors (Lipinski definition) is 3. The van der Waals surface area contributed by atoms with E-state index in [0.717, 1.165) is 30.4 Å². The van der Waals surface area contributed by atoms with E-state index in [1.54, 1.807) is 18.2 Å². The van der Waals surface area contributed by atoms with Crippen LogP contribution in [0.5, 0.6) is 0 Å². The predicted octanol–water partition coefficient (Wildman–Crippen LogP) is 3.81. The molecular weight excluding hydrogens is 262 g/mol. The number of carbonyl (C=O) groups excluding carboxylic acids is 1. The molecule has 21 heavy (non-hydrogen) atoms. The Balaban J connectivity index is 1.81. The molecule has 0 heterocycles. The van der Waals surface area contributed by atoms with Gasteiger partial charge in [-0.2, -0.15) is 0 Å². The third-order valence-electron chi connectivity index (χ3n) is 4.07. The van der Waals surface area contributed by atoms with Crippen molar-refractivity contribution in [2.75, 3.05) is 5.73 Å². The molecule has 1 aliphatic rings. The number of anilines is 1. The number of carbonyl (C=O) groups is 1. The average molecular weight is 281 g/mol. The number of hydrogen-bond donors (Lipinski definition) is 1. The van der Waals surface area contributed by atoms with Crippen molar-refractivity contribution in [3.05, 3.63) is 64.7 Å². The van der Waals surface area contributed by atoms with Crippen molar-refractivity contribution in [2.45, 2.75) is 32.3 Å². The number of nitrogen functional groups attached to an aromatic ring is 1. The molecule has 0 amide bonds. The highest BCUT2D eigenvalue weighted by atomic mass is 16.5. The van der Waals surface area contributed by atoms with Gasteiger partial charge in [0.05, 0.1) is 5.56 Å². The summed E-state index contributed by atoms with van der Waals surface area (Å²) in [7, 11) is 0. The molecule has 0 fully saturated rings. The van der Waals surface area contributed by atoms with Crippen LogP contribution in [0.2, 0.25) is 0 Å². The molecular formula is C18H19NO2. The van der Waals surface area contributed by atoms with E-state index < -0.39 is 0 Å². The van der Waals surface area contributed by atoms with Gasteiger partial charge in [-0.1, -0.05) is 24.3 Å². The molecule has 2 aromatic rings. The fraction of sp³-hybridized carbons (Fsp3) is 0.278. The van der Waals surface area contributed by atoms with E-state index in [1.807, 2.05) is 19.1 Å². The van der Waals surface area contributed by atoms with Gasteiger partial charge in [0.1, 0.15) is 6.10 Å². The van der Waals surface area contributed by atoms with Gasteiger partial charge in [-0.3, -0.25) is 0 Å². The number of rotatable bonds is 2. The van der Waals surface area contributed by atoms with Crippen molar-refractivity contribution in [2.24, 2.45) is 0 Å². The fourth-order valence-corrected chi connectivity index (χ4v) is 2.83. The van der Waals surface area contributed by atoms with Gasteiger partial charge in [-0.25, -0.2) is 4.79 Å². The Morgan fingerprint density at radius 3 is 2.86 bits per heavy atom. The molecule has 1 atom stereocenters. The van der Waals surface area contributed by atoms with Crippen LogP contribution in [0.15, 0.2) is 42.5 Å². The summed E-state index contributed by atoms with van der Waals surface area (Å²) in [4.78, 5) is 12.3. The maximum Gasteiger partial charge on any atom is 0.338 e. The Morgan fingerprint density at radius 2 is 2.05 bits per heavy atom. The minimum Gasteiger partial charge on any atom is -0.454 e. The smallest absolute Gasteiger partial charge is 0.338 e. The number of aryl methyl sites for hydroxylation is 2. The maximum atomic E-state index is 12.3. The van der Waals surface area contributed by atoms with Crippen LogP contribution in [-0.4, -0.2) is 5.97 Å². The average Bonchev–Trinajstić information content (AvgIpc) is 2.50. The molecule has 3 heteroatoms. The Morgan fingerprint density at radius 1 is 1.24 bits per heavy atom. The minimum atomic E-state index is -0.278. The van der Waals surface area contributed by atoms with Gasteiger partial charge in [0, 0.05) is 5.69 Å². The fourth-order valence-electron chi connectivity index (χ4n) is 2.83. The number of nitrogens with two attached hydrogens (primary N) is 1. The van der Waals surface area contributed by atoms with Crippen LogP contribution in [0, 0.1) is 6.92 Å². The molecule has 1 unspecified atom stereocenters. The molecule has 0 aliphatic heterocycles. The summed E-state index contributed by atoms with van der Waals surface area (Å²) < 4.78 is 5.72. The van der Waals surface area contributed by atoms with Crippen LogP contribution >= 0.6 is 0 Å². The zero-order chi connectivity index (χ0) is 14.8. The zero-order valence-corrected chi connectivity index (χ0v) is 12.1. The lowest BCUT2D eigenvalue weighted by Crippen LogP contribution is -2.17. The Hall–Kier alpha value is -2.29. The first-order chi connectivity index (χ1) is 10.1. The van der Waals surface area contributed by atoms with Crippen molar-refractivity contribution in [3.63, 3.8) is 0 Å². The van der Waals surface area contributed by atoms with Crippen LogP contribution in [0.1, 0.15) is 46.0 Å². The first-order valence-corrected chi connectivity index (χ1v) is 7.30. The van der Waals surface area contributed by atoms with Gasteiger partial charge < -0.3 is 10.5 Å². The van der Waals surface area contributed by atoms with E-state index in [-0.39, 0.29) is 12.1 Å². The normalized spacial score (nSPS) is 17.1. The molecule has 0 saturated carbocycles. The Bertz CT molecular complexity index is 679. The van der Waals surface area contributed by atoms with Crippen LogP contribution in [-0.2, 0) is 11.2 Å². The van der Waals surface area contributed by atoms with Crippen molar-refractivity contribution in [3.8, 4) is 0 Å². The van der Waals surface area contributed by atoms with Gasteiger partial charge in [-0.05, 0) is 61.1 Å². The second kappa shape index (κ2) is 5.60. The van der Waals surface area contributed by atoms with Crippen molar-refractivity contribution >= 4 is 11.7 Å². The molecule has 3 nitrogen and oxygen atoms in total. The summed E-state index contributed by atoms with van der Waals surface area (Å²) in [5, 5.41) is 0.